The van der Waals surface area contributed by atoms with Crippen molar-refractivity contribution >= 4 is 34.1 Å². The van der Waals surface area contributed by atoms with Gasteiger partial charge in [0.25, 0.3) is 11.8 Å². The third-order valence-electron chi connectivity index (χ3n) is 4.41. The van der Waals surface area contributed by atoms with Gasteiger partial charge >= 0.3 is 0 Å². The van der Waals surface area contributed by atoms with Gasteiger partial charge in [-0.1, -0.05) is 30.3 Å². The van der Waals surface area contributed by atoms with Crippen LogP contribution in [0.2, 0.25) is 0 Å². The van der Waals surface area contributed by atoms with Crippen LogP contribution in [-0.4, -0.2) is 16.8 Å². The Kier molecular flexibility index (Phi) is 4.99. The van der Waals surface area contributed by atoms with Crippen molar-refractivity contribution in [1.82, 2.24) is 4.98 Å². The molecule has 0 saturated carbocycles. The number of aromatic nitrogens is 1. The molecule has 2 N–H and O–H groups in total. The summed E-state index contributed by atoms with van der Waals surface area (Å²) in [4.78, 5) is 29.2. The molecule has 1 aromatic heterocycles. The topological polar surface area (TPSA) is 71.1 Å². The highest BCUT2D eigenvalue weighted by Crippen LogP contribution is 2.21. The molecule has 2 amide bonds. The van der Waals surface area contributed by atoms with Crippen LogP contribution in [0, 0.1) is 5.82 Å². The fourth-order valence-electron chi connectivity index (χ4n) is 2.93. The van der Waals surface area contributed by atoms with E-state index in [-0.39, 0.29) is 11.6 Å². The Morgan fingerprint density at radius 3 is 1.97 bits per heavy atom. The molecule has 4 rings (SSSR count). The zero-order valence-corrected chi connectivity index (χ0v) is 15.2. The van der Waals surface area contributed by atoms with Crippen molar-refractivity contribution in [1.29, 1.82) is 0 Å². The molecule has 1 heterocycles. The summed E-state index contributed by atoms with van der Waals surface area (Å²) in [5.74, 6) is -1.29. The standard InChI is InChI=1S/C23H16FN3O2/c24-18-7-1-2-8-19(18)26-22(28)16-10-12-17(13-11-16)23(29)27-20-9-3-5-15-6-4-14-25-21(15)20/h1-14H,(H,26,28)(H,27,29). The summed E-state index contributed by atoms with van der Waals surface area (Å²) in [6.45, 7) is 0. The Balaban J connectivity index is 1.49. The van der Waals surface area contributed by atoms with Crippen LogP contribution in [0.3, 0.4) is 0 Å². The summed E-state index contributed by atoms with van der Waals surface area (Å²) >= 11 is 0. The van der Waals surface area contributed by atoms with Crippen molar-refractivity contribution in [2.45, 2.75) is 0 Å². The molecule has 6 heteroatoms. The summed E-state index contributed by atoms with van der Waals surface area (Å²) in [6.07, 6.45) is 1.67. The van der Waals surface area contributed by atoms with E-state index in [0.29, 0.717) is 22.3 Å². The zero-order valence-electron chi connectivity index (χ0n) is 15.2. The number of anilines is 2. The Morgan fingerprint density at radius 2 is 1.28 bits per heavy atom. The molecule has 5 nitrogen and oxygen atoms in total. The number of fused-ring (bicyclic) bond motifs is 1. The lowest BCUT2D eigenvalue weighted by atomic mass is 10.1. The minimum Gasteiger partial charge on any atom is -0.320 e. The van der Waals surface area contributed by atoms with Gasteiger partial charge in [-0.15, -0.1) is 0 Å². The molecular formula is C23H16FN3O2. The number of para-hydroxylation sites is 2. The number of carbonyl (C=O) groups is 2. The summed E-state index contributed by atoms with van der Waals surface area (Å²) in [7, 11) is 0. The van der Waals surface area contributed by atoms with Crippen LogP contribution in [0.5, 0.6) is 0 Å². The second-order valence-corrected chi connectivity index (χ2v) is 6.35. The van der Waals surface area contributed by atoms with Crippen molar-refractivity contribution in [2.75, 3.05) is 10.6 Å². The maximum atomic E-state index is 13.7. The third kappa shape index (κ3) is 3.96. The number of pyridine rings is 1. The monoisotopic (exact) mass is 385 g/mol. The van der Waals surface area contributed by atoms with Crippen LogP contribution in [-0.2, 0) is 0 Å². The molecule has 0 saturated heterocycles. The molecule has 0 aliphatic carbocycles. The molecule has 142 valence electrons. The summed E-state index contributed by atoms with van der Waals surface area (Å²) in [5.41, 5.74) is 2.11. The molecule has 0 atom stereocenters. The van der Waals surface area contributed by atoms with Crippen molar-refractivity contribution in [3.05, 3.63) is 102 Å². The first-order chi connectivity index (χ1) is 14.1. The molecule has 0 spiro atoms. The Morgan fingerprint density at radius 1 is 0.690 bits per heavy atom. The SMILES string of the molecule is O=C(Nc1ccccc1F)c1ccc(C(=O)Nc2cccc3cccnc23)cc1. The van der Waals surface area contributed by atoms with Crippen LogP contribution >= 0.6 is 0 Å². The Labute approximate surface area is 166 Å². The predicted octanol–water partition coefficient (Wildman–Crippen LogP) is 4.88. The fraction of sp³-hybridized carbons (Fsp3) is 0. The number of benzene rings is 3. The van der Waals surface area contributed by atoms with Crippen molar-refractivity contribution in [3.8, 4) is 0 Å². The molecular weight excluding hydrogens is 369 g/mol. The van der Waals surface area contributed by atoms with Crippen LogP contribution in [0.25, 0.3) is 10.9 Å². The van der Waals surface area contributed by atoms with E-state index in [1.54, 1.807) is 36.5 Å². The van der Waals surface area contributed by atoms with Gasteiger partial charge in [0, 0.05) is 22.7 Å². The van der Waals surface area contributed by atoms with Gasteiger partial charge in [-0.3, -0.25) is 14.6 Å². The number of halogens is 1. The fourth-order valence-corrected chi connectivity index (χ4v) is 2.93. The quantitative estimate of drug-likeness (QED) is 0.526. The van der Waals surface area contributed by atoms with Crippen LogP contribution in [0.1, 0.15) is 20.7 Å². The van der Waals surface area contributed by atoms with Gasteiger partial charge in [0.05, 0.1) is 16.9 Å². The molecule has 0 fully saturated rings. The van der Waals surface area contributed by atoms with E-state index in [1.165, 1.54) is 24.3 Å². The Bertz CT molecular complexity index is 1200. The largest absolute Gasteiger partial charge is 0.320 e. The Hall–Kier alpha value is -4.06. The van der Waals surface area contributed by atoms with E-state index in [4.69, 9.17) is 0 Å². The van der Waals surface area contributed by atoms with E-state index in [9.17, 15) is 14.0 Å². The predicted molar refractivity (Wildman–Crippen MR) is 110 cm³/mol. The van der Waals surface area contributed by atoms with Gasteiger partial charge < -0.3 is 10.6 Å². The maximum Gasteiger partial charge on any atom is 0.255 e. The summed E-state index contributed by atoms with van der Waals surface area (Å²) < 4.78 is 13.7. The first-order valence-corrected chi connectivity index (χ1v) is 8.93. The minimum atomic E-state index is -0.513. The van der Waals surface area contributed by atoms with Crippen LogP contribution in [0.15, 0.2) is 85.1 Å². The van der Waals surface area contributed by atoms with E-state index in [1.807, 2.05) is 24.3 Å². The molecule has 0 aliphatic rings. The van der Waals surface area contributed by atoms with Crippen molar-refractivity contribution in [2.24, 2.45) is 0 Å². The van der Waals surface area contributed by atoms with Gasteiger partial charge in [0.2, 0.25) is 0 Å². The van der Waals surface area contributed by atoms with E-state index < -0.39 is 11.7 Å². The highest BCUT2D eigenvalue weighted by molar-refractivity contribution is 6.09. The number of amides is 2. The second-order valence-electron chi connectivity index (χ2n) is 6.35. The number of nitrogens with zero attached hydrogens (tertiary/aromatic N) is 1. The highest BCUT2D eigenvalue weighted by atomic mass is 19.1. The number of hydrogen-bond donors (Lipinski definition) is 2. The highest BCUT2D eigenvalue weighted by Gasteiger charge is 2.12. The number of rotatable bonds is 4. The summed E-state index contributed by atoms with van der Waals surface area (Å²) in [6, 6.07) is 21.4. The molecule has 0 bridgehead atoms. The lowest BCUT2D eigenvalue weighted by Gasteiger charge is -2.09. The van der Waals surface area contributed by atoms with E-state index in [2.05, 4.69) is 15.6 Å². The molecule has 4 aromatic rings. The minimum absolute atomic E-state index is 0.0998. The smallest absolute Gasteiger partial charge is 0.255 e. The van der Waals surface area contributed by atoms with E-state index in [0.717, 1.165) is 5.39 Å². The average Bonchev–Trinajstić information content (AvgIpc) is 2.75. The van der Waals surface area contributed by atoms with Gasteiger partial charge in [-0.25, -0.2) is 4.39 Å². The van der Waals surface area contributed by atoms with E-state index >= 15 is 0 Å². The molecule has 0 radical (unpaired) electrons. The zero-order chi connectivity index (χ0) is 20.2. The van der Waals surface area contributed by atoms with Gasteiger partial charge in [0.1, 0.15) is 5.82 Å². The normalized spacial score (nSPS) is 10.5. The second kappa shape index (κ2) is 7.90. The van der Waals surface area contributed by atoms with Crippen LogP contribution in [0.4, 0.5) is 15.8 Å². The van der Waals surface area contributed by atoms with Gasteiger partial charge in [-0.05, 0) is 48.5 Å². The maximum absolute atomic E-state index is 13.7. The first-order valence-electron chi connectivity index (χ1n) is 8.93. The molecule has 0 unspecified atom stereocenters. The molecule has 0 aliphatic heterocycles. The number of nitrogens with one attached hydrogen (secondary N) is 2. The van der Waals surface area contributed by atoms with Gasteiger partial charge in [-0.2, -0.15) is 0 Å². The van der Waals surface area contributed by atoms with Crippen LogP contribution < -0.4 is 10.6 Å². The van der Waals surface area contributed by atoms with Crippen molar-refractivity contribution in [3.63, 3.8) is 0 Å². The molecule has 3 aromatic carbocycles. The van der Waals surface area contributed by atoms with Crippen molar-refractivity contribution < 1.29 is 14.0 Å². The third-order valence-corrected chi connectivity index (χ3v) is 4.41. The van der Waals surface area contributed by atoms with Gasteiger partial charge in [0.15, 0.2) is 0 Å². The lowest BCUT2D eigenvalue weighted by molar-refractivity contribution is 0.101. The number of carbonyl (C=O) groups excluding carboxylic acids is 2. The average molecular weight is 385 g/mol. The lowest BCUT2D eigenvalue weighted by Crippen LogP contribution is -2.15. The summed E-state index contributed by atoms with van der Waals surface area (Å²) in [5, 5.41) is 6.28. The first kappa shape index (κ1) is 18.3. The number of hydrogen-bond acceptors (Lipinski definition) is 3. The molecule has 29 heavy (non-hydrogen) atoms.